The summed E-state index contributed by atoms with van der Waals surface area (Å²) in [6, 6.07) is 8.97. The number of amides is 1. The molecular formula is C15H22N2O2. The Hall–Kier alpha value is -1.68. The van der Waals surface area contributed by atoms with E-state index in [4.69, 9.17) is 5.73 Å². The van der Waals surface area contributed by atoms with E-state index in [1.807, 2.05) is 44.2 Å². The van der Waals surface area contributed by atoms with E-state index in [0.29, 0.717) is 6.42 Å². The summed E-state index contributed by atoms with van der Waals surface area (Å²) in [5.41, 5.74) is 6.83. The first-order chi connectivity index (χ1) is 9.04. The maximum Gasteiger partial charge on any atom is 0.237 e. The topological polar surface area (TPSA) is 72.2 Å². The molecule has 1 unspecified atom stereocenters. The van der Waals surface area contributed by atoms with Crippen molar-refractivity contribution in [2.45, 2.75) is 32.7 Å². The highest BCUT2D eigenvalue weighted by Gasteiger charge is 2.16. The summed E-state index contributed by atoms with van der Waals surface area (Å²) in [7, 11) is 0. The Labute approximate surface area is 114 Å². The summed E-state index contributed by atoms with van der Waals surface area (Å²) in [6.45, 7) is 3.88. The van der Waals surface area contributed by atoms with Gasteiger partial charge in [-0.3, -0.25) is 9.59 Å². The zero-order valence-corrected chi connectivity index (χ0v) is 11.6. The Bertz CT molecular complexity index is 417. The average molecular weight is 262 g/mol. The molecule has 0 radical (unpaired) electrons. The van der Waals surface area contributed by atoms with Crippen molar-refractivity contribution in [2.24, 2.45) is 11.7 Å². The van der Waals surface area contributed by atoms with Crippen molar-refractivity contribution in [3.05, 3.63) is 35.9 Å². The smallest absolute Gasteiger partial charge is 0.237 e. The van der Waals surface area contributed by atoms with Gasteiger partial charge in [-0.25, -0.2) is 0 Å². The molecule has 0 saturated carbocycles. The Morgan fingerprint density at radius 1 is 1.26 bits per heavy atom. The lowest BCUT2D eigenvalue weighted by Gasteiger charge is -2.13. The number of carbonyl (C=O) groups excluding carboxylic acids is 2. The van der Waals surface area contributed by atoms with E-state index in [9.17, 15) is 9.59 Å². The zero-order chi connectivity index (χ0) is 14.3. The molecule has 1 aromatic rings. The molecule has 0 aliphatic heterocycles. The van der Waals surface area contributed by atoms with E-state index in [-0.39, 0.29) is 24.2 Å². The van der Waals surface area contributed by atoms with E-state index < -0.39 is 6.04 Å². The molecule has 4 nitrogen and oxygen atoms in total. The summed E-state index contributed by atoms with van der Waals surface area (Å²) in [5, 5.41) is 2.60. The van der Waals surface area contributed by atoms with Gasteiger partial charge in [0, 0.05) is 5.92 Å². The highest BCUT2D eigenvalue weighted by molar-refractivity contribution is 5.89. The zero-order valence-electron chi connectivity index (χ0n) is 11.6. The Balaban J connectivity index is 2.39. The van der Waals surface area contributed by atoms with Crippen LogP contribution in [0.2, 0.25) is 0 Å². The van der Waals surface area contributed by atoms with Crippen molar-refractivity contribution >= 4 is 11.7 Å². The van der Waals surface area contributed by atoms with Crippen molar-refractivity contribution < 1.29 is 9.59 Å². The molecule has 0 spiro atoms. The number of carbonyl (C=O) groups is 2. The molecule has 0 bridgehead atoms. The number of hydrogen-bond acceptors (Lipinski definition) is 3. The normalized spacial score (nSPS) is 13.6. The van der Waals surface area contributed by atoms with Crippen LogP contribution in [-0.2, 0) is 16.0 Å². The first-order valence-electron chi connectivity index (χ1n) is 6.64. The molecule has 0 aliphatic rings. The fourth-order valence-corrected chi connectivity index (χ4v) is 1.67. The number of benzene rings is 1. The molecular weight excluding hydrogens is 240 g/mol. The van der Waals surface area contributed by atoms with E-state index in [2.05, 4.69) is 5.32 Å². The van der Waals surface area contributed by atoms with Crippen molar-refractivity contribution in [3.8, 4) is 0 Å². The van der Waals surface area contributed by atoms with Gasteiger partial charge in [-0.05, 0) is 18.4 Å². The van der Waals surface area contributed by atoms with Gasteiger partial charge in [0.25, 0.3) is 0 Å². The lowest BCUT2D eigenvalue weighted by Crippen LogP contribution is -2.44. The van der Waals surface area contributed by atoms with Gasteiger partial charge in [0.2, 0.25) is 5.91 Å². The van der Waals surface area contributed by atoms with Crippen LogP contribution in [0.1, 0.15) is 25.8 Å². The van der Waals surface area contributed by atoms with Crippen molar-refractivity contribution in [2.75, 3.05) is 6.54 Å². The molecule has 0 fully saturated rings. The largest absolute Gasteiger partial charge is 0.348 e. The third-order valence-electron chi connectivity index (χ3n) is 3.23. The number of ketones is 1. The maximum atomic E-state index is 11.8. The SMILES string of the molecule is CCC(C)C(=O)CNC(=O)[C@@H](N)Cc1ccccc1. The molecule has 0 aromatic heterocycles. The summed E-state index contributed by atoms with van der Waals surface area (Å²) >= 11 is 0. The van der Waals surface area contributed by atoms with Crippen LogP contribution in [0.15, 0.2) is 30.3 Å². The van der Waals surface area contributed by atoms with Crippen LogP contribution in [0, 0.1) is 5.92 Å². The Morgan fingerprint density at radius 2 is 1.89 bits per heavy atom. The predicted octanol–water partition coefficient (Wildman–Crippen LogP) is 1.29. The summed E-state index contributed by atoms with van der Waals surface area (Å²) in [6.07, 6.45) is 1.26. The third kappa shape index (κ3) is 5.22. The van der Waals surface area contributed by atoms with Gasteiger partial charge in [0.05, 0.1) is 12.6 Å². The number of rotatable bonds is 7. The van der Waals surface area contributed by atoms with Gasteiger partial charge in [0.1, 0.15) is 0 Å². The lowest BCUT2D eigenvalue weighted by atomic mass is 10.0. The average Bonchev–Trinajstić information content (AvgIpc) is 2.44. The highest BCUT2D eigenvalue weighted by atomic mass is 16.2. The fourth-order valence-electron chi connectivity index (χ4n) is 1.67. The minimum atomic E-state index is -0.618. The maximum absolute atomic E-state index is 11.8. The summed E-state index contributed by atoms with van der Waals surface area (Å²) in [5.74, 6) is -0.256. The molecule has 3 N–H and O–H groups in total. The molecule has 19 heavy (non-hydrogen) atoms. The number of nitrogens with one attached hydrogen (secondary N) is 1. The molecule has 0 aliphatic carbocycles. The highest BCUT2D eigenvalue weighted by Crippen LogP contribution is 2.03. The minimum Gasteiger partial charge on any atom is -0.348 e. The lowest BCUT2D eigenvalue weighted by molar-refractivity contribution is -0.127. The van der Waals surface area contributed by atoms with Crippen LogP contribution < -0.4 is 11.1 Å². The van der Waals surface area contributed by atoms with Crippen LogP contribution in [0.5, 0.6) is 0 Å². The van der Waals surface area contributed by atoms with Gasteiger partial charge >= 0.3 is 0 Å². The van der Waals surface area contributed by atoms with Crippen molar-refractivity contribution in [1.82, 2.24) is 5.32 Å². The molecule has 0 saturated heterocycles. The standard InChI is InChI=1S/C15H22N2O2/c1-3-11(2)14(18)10-17-15(19)13(16)9-12-7-5-4-6-8-12/h4-8,11,13H,3,9-10,16H2,1-2H3,(H,17,19)/t11?,13-/m0/s1. The van der Waals surface area contributed by atoms with E-state index >= 15 is 0 Å². The van der Waals surface area contributed by atoms with Crippen molar-refractivity contribution in [1.29, 1.82) is 0 Å². The predicted molar refractivity (Wildman–Crippen MR) is 75.6 cm³/mol. The van der Waals surface area contributed by atoms with Crippen LogP contribution in [0.3, 0.4) is 0 Å². The van der Waals surface area contributed by atoms with Crippen LogP contribution >= 0.6 is 0 Å². The Kier molecular flexibility index (Phi) is 6.22. The number of hydrogen-bond donors (Lipinski definition) is 2. The Morgan fingerprint density at radius 3 is 2.47 bits per heavy atom. The molecule has 4 heteroatoms. The quantitative estimate of drug-likeness (QED) is 0.777. The van der Waals surface area contributed by atoms with Crippen molar-refractivity contribution in [3.63, 3.8) is 0 Å². The molecule has 104 valence electrons. The van der Waals surface area contributed by atoms with Gasteiger partial charge < -0.3 is 11.1 Å². The molecule has 1 aromatic carbocycles. The van der Waals surface area contributed by atoms with Crippen LogP contribution in [-0.4, -0.2) is 24.3 Å². The fraction of sp³-hybridized carbons (Fsp3) is 0.467. The van der Waals surface area contributed by atoms with Crippen LogP contribution in [0.4, 0.5) is 0 Å². The van der Waals surface area contributed by atoms with Gasteiger partial charge in [0.15, 0.2) is 5.78 Å². The second-order valence-corrected chi connectivity index (χ2v) is 4.79. The molecule has 0 heterocycles. The molecule has 1 amide bonds. The number of Topliss-reactive ketones (excluding diaryl/α,β-unsaturated/α-hetero) is 1. The number of nitrogens with two attached hydrogens (primary N) is 1. The first kappa shape index (κ1) is 15.4. The summed E-state index contributed by atoms with van der Waals surface area (Å²) in [4.78, 5) is 23.4. The monoisotopic (exact) mass is 262 g/mol. The van der Waals surface area contributed by atoms with E-state index in [0.717, 1.165) is 12.0 Å². The molecule has 1 rings (SSSR count). The first-order valence-corrected chi connectivity index (χ1v) is 6.64. The van der Waals surface area contributed by atoms with E-state index in [1.54, 1.807) is 0 Å². The van der Waals surface area contributed by atoms with Gasteiger partial charge in [-0.2, -0.15) is 0 Å². The second-order valence-electron chi connectivity index (χ2n) is 4.79. The van der Waals surface area contributed by atoms with Gasteiger partial charge in [-0.1, -0.05) is 44.2 Å². The van der Waals surface area contributed by atoms with Gasteiger partial charge in [-0.15, -0.1) is 0 Å². The summed E-state index contributed by atoms with van der Waals surface area (Å²) < 4.78 is 0. The van der Waals surface area contributed by atoms with Crippen LogP contribution in [0.25, 0.3) is 0 Å². The third-order valence-corrected chi connectivity index (χ3v) is 3.23. The van der Waals surface area contributed by atoms with E-state index in [1.165, 1.54) is 0 Å². The minimum absolute atomic E-state index is 0.0225. The molecule has 2 atom stereocenters. The second kappa shape index (κ2) is 7.69.